The third-order valence-corrected chi connectivity index (χ3v) is 4.65. The minimum atomic E-state index is -0.187. The summed E-state index contributed by atoms with van der Waals surface area (Å²) < 4.78 is 10.6. The summed E-state index contributed by atoms with van der Waals surface area (Å²) in [6.45, 7) is 0.626. The number of carbonyl (C=O) groups is 2. The molecule has 0 aliphatic carbocycles. The number of hydrogen-bond donors (Lipinski definition) is 1. The van der Waals surface area contributed by atoms with Crippen molar-refractivity contribution in [3.63, 3.8) is 0 Å². The Morgan fingerprint density at radius 1 is 1.08 bits per heavy atom. The summed E-state index contributed by atoms with van der Waals surface area (Å²) in [5, 5.41) is 2.88. The van der Waals surface area contributed by atoms with Crippen molar-refractivity contribution in [3.8, 4) is 11.5 Å². The van der Waals surface area contributed by atoms with E-state index >= 15 is 0 Å². The fraction of sp³-hybridized carbons (Fsp3) is 0.300. The highest BCUT2D eigenvalue weighted by Gasteiger charge is 2.24. The van der Waals surface area contributed by atoms with Crippen LogP contribution in [-0.2, 0) is 22.6 Å². The molecule has 0 fully saturated rings. The Morgan fingerprint density at radius 2 is 1.92 bits per heavy atom. The van der Waals surface area contributed by atoms with Crippen LogP contribution in [0.3, 0.4) is 0 Å². The van der Waals surface area contributed by atoms with Gasteiger partial charge < -0.3 is 19.7 Å². The zero-order valence-corrected chi connectivity index (χ0v) is 14.4. The third kappa shape index (κ3) is 3.35. The van der Waals surface area contributed by atoms with Gasteiger partial charge in [0.2, 0.25) is 18.6 Å². The van der Waals surface area contributed by atoms with Crippen LogP contribution in [0.15, 0.2) is 42.5 Å². The van der Waals surface area contributed by atoms with Crippen LogP contribution >= 0.6 is 0 Å². The number of nitrogens with one attached hydrogen (secondary N) is 1. The van der Waals surface area contributed by atoms with Crippen LogP contribution in [0.5, 0.6) is 11.5 Å². The Balaban J connectivity index is 1.42. The number of ether oxygens (including phenoxy) is 2. The molecular formula is C20H20N2O4. The highest BCUT2D eigenvalue weighted by atomic mass is 16.7. The number of fused-ring (bicyclic) bond motifs is 2. The number of benzene rings is 2. The summed E-state index contributed by atoms with van der Waals surface area (Å²) in [6.07, 6.45) is 2.13. The standard InChI is InChI=1S/C20H20N2O4/c23-19(21-11-14-8-9-17-18(10-14)26-13-25-17)12-22-16-6-2-1-4-15(16)5-3-7-20(22)24/h1-2,4,6,8-10H,3,5,7,11-13H2,(H,21,23). The molecule has 0 saturated carbocycles. The molecular weight excluding hydrogens is 332 g/mol. The SMILES string of the molecule is O=C(CN1C(=O)CCCc2ccccc21)NCc1ccc2c(c1)OCO2. The van der Waals surface area contributed by atoms with Gasteiger partial charge in [-0.05, 0) is 42.2 Å². The van der Waals surface area contributed by atoms with Crippen LogP contribution in [0.25, 0.3) is 0 Å². The van der Waals surface area contributed by atoms with Crippen molar-refractivity contribution in [2.75, 3.05) is 18.2 Å². The molecule has 2 amide bonds. The summed E-state index contributed by atoms with van der Waals surface area (Å²) in [4.78, 5) is 26.4. The Labute approximate surface area is 151 Å². The molecule has 2 aromatic carbocycles. The average Bonchev–Trinajstić information content (AvgIpc) is 3.06. The normalized spacial score (nSPS) is 15.4. The molecule has 6 heteroatoms. The first kappa shape index (κ1) is 16.4. The lowest BCUT2D eigenvalue weighted by molar-refractivity contribution is -0.123. The minimum absolute atomic E-state index is 0.00632. The first-order chi connectivity index (χ1) is 12.7. The van der Waals surface area contributed by atoms with Crippen LogP contribution in [0.4, 0.5) is 5.69 Å². The Kier molecular flexibility index (Phi) is 4.48. The molecule has 2 aliphatic rings. The second kappa shape index (κ2) is 7.07. The van der Waals surface area contributed by atoms with Crippen LogP contribution in [0, 0.1) is 0 Å². The molecule has 0 radical (unpaired) electrons. The zero-order chi connectivity index (χ0) is 17.9. The monoisotopic (exact) mass is 352 g/mol. The van der Waals surface area contributed by atoms with E-state index in [1.165, 1.54) is 0 Å². The molecule has 2 aromatic rings. The van der Waals surface area contributed by atoms with Crippen molar-refractivity contribution in [1.29, 1.82) is 0 Å². The molecule has 0 saturated heterocycles. The van der Waals surface area contributed by atoms with Crippen molar-refractivity contribution >= 4 is 17.5 Å². The summed E-state index contributed by atoms with van der Waals surface area (Å²) in [5.74, 6) is 1.21. The molecule has 0 atom stereocenters. The van der Waals surface area contributed by atoms with Crippen molar-refractivity contribution in [2.45, 2.75) is 25.8 Å². The van der Waals surface area contributed by atoms with E-state index in [1.807, 2.05) is 42.5 Å². The summed E-state index contributed by atoms with van der Waals surface area (Å²) >= 11 is 0. The number of aryl methyl sites for hydroxylation is 1. The lowest BCUT2D eigenvalue weighted by Crippen LogP contribution is -2.40. The van der Waals surface area contributed by atoms with Gasteiger partial charge in [-0.25, -0.2) is 0 Å². The van der Waals surface area contributed by atoms with E-state index in [0.717, 1.165) is 29.7 Å². The van der Waals surface area contributed by atoms with Gasteiger partial charge >= 0.3 is 0 Å². The number of anilines is 1. The molecule has 26 heavy (non-hydrogen) atoms. The lowest BCUT2D eigenvalue weighted by atomic mass is 10.1. The second-order valence-corrected chi connectivity index (χ2v) is 6.43. The summed E-state index contributed by atoms with van der Waals surface area (Å²) in [6, 6.07) is 13.4. The van der Waals surface area contributed by atoms with Gasteiger partial charge in [-0.2, -0.15) is 0 Å². The molecule has 1 N–H and O–H groups in total. The van der Waals surface area contributed by atoms with Crippen LogP contribution in [-0.4, -0.2) is 25.2 Å². The van der Waals surface area contributed by atoms with E-state index in [2.05, 4.69) is 5.32 Å². The first-order valence-corrected chi connectivity index (χ1v) is 8.74. The van der Waals surface area contributed by atoms with E-state index in [0.29, 0.717) is 24.5 Å². The van der Waals surface area contributed by atoms with Gasteiger partial charge in [-0.1, -0.05) is 24.3 Å². The maximum Gasteiger partial charge on any atom is 0.240 e. The predicted octanol–water partition coefficient (Wildman–Crippen LogP) is 2.40. The summed E-state index contributed by atoms with van der Waals surface area (Å²) in [7, 11) is 0. The van der Waals surface area contributed by atoms with Gasteiger partial charge in [0.15, 0.2) is 11.5 Å². The van der Waals surface area contributed by atoms with Crippen LogP contribution in [0.1, 0.15) is 24.0 Å². The topological polar surface area (TPSA) is 67.9 Å². The average molecular weight is 352 g/mol. The maximum absolute atomic E-state index is 12.4. The maximum atomic E-state index is 12.4. The number of para-hydroxylation sites is 1. The Morgan fingerprint density at radius 3 is 2.85 bits per heavy atom. The van der Waals surface area contributed by atoms with E-state index in [9.17, 15) is 9.59 Å². The predicted molar refractivity (Wildman–Crippen MR) is 96.1 cm³/mol. The largest absolute Gasteiger partial charge is 0.454 e. The first-order valence-electron chi connectivity index (χ1n) is 8.74. The molecule has 6 nitrogen and oxygen atoms in total. The smallest absolute Gasteiger partial charge is 0.240 e. The van der Waals surface area contributed by atoms with Crippen molar-refractivity contribution in [2.24, 2.45) is 0 Å². The fourth-order valence-electron chi connectivity index (χ4n) is 3.31. The Bertz CT molecular complexity index is 849. The van der Waals surface area contributed by atoms with E-state index in [1.54, 1.807) is 4.90 Å². The number of rotatable bonds is 4. The number of hydrogen-bond acceptors (Lipinski definition) is 4. The number of carbonyl (C=O) groups excluding carboxylic acids is 2. The van der Waals surface area contributed by atoms with Gasteiger partial charge in [-0.15, -0.1) is 0 Å². The quantitative estimate of drug-likeness (QED) is 0.917. The molecule has 0 bridgehead atoms. The van der Waals surface area contributed by atoms with Crippen molar-refractivity contribution in [3.05, 3.63) is 53.6 Å². The number of nitrogens with zero attached hydrogens (tertiary/aromatic N) is 1. The highest BCUT2D eigenvalue weighted by Crippen LogP contribution is 2.32. The second-order valence-electron chi connectivity index (χ2n) is 6.43. The molecule has 2 heterocycles. The third-order valence-electron chi connectivity index (χ3n) is 4.65. The molecule has 0 spiro atoms. The zero-order valence-electron chi connectivity index (χ0n) is 14.4. The Hall–Kier alpha value is -3.02. The molecule has 0 aromatic heterocycles. The van der Waals surface area contributed by atoms with Crippen LogP contribution in [0.2, 0.25) is 0 Å². The molecule has 134 valence electrons. The van der Waals surface area contributed by atoms with Gasteiger partial charge in [0, 0.05) is 18.7 Å². The van der Waals surface area contributed by atoms with Gasteiger partial charge in [-0.3, -0.25) is 9.59 Å². The van der Waals surface area contributed by atoms with Gasteiger partial charge in [0.25, 0.3) is 0 Å². The van der Waals surface area contributed by atoms with Gasteiger partial charge in [0.05, 0.1) is 0 Å². The van der Waals surface area contributed by atoms with E-state index in [-0.39, 0.29) is 25.2 Å². The van der Waals surface area contributed by atoms with E-state index in [4.69, 9.17) is 9.47 Å². The van der Waals surface area contributed by atoms with Crippen molar-refractivity contribution < 1.29 is 19.1 Å². The molecule has 0 unspecified atom stereocenters. The van der Waals surface area contributed by atoms with E-state index < -0.39 is 0 Å². The minimum Gasteiger partial charge on any atom is -0.454 e. The lowest BCUT2D eigenvalue weighted by Gasteiger charge is -2.22. The van der Waals surface area contributed by atoms with Gasteiger partial charge in [0.1, 0.15) is 6.54 Å². The highest BCUT2D eigenvalue weighted by molar-refractivity contribution is 5.99. The van der Waals surface area contributed by atoms with Crippen molar-refractivity contribution in [1.82, 2.24) is 5.32 Å². The molecule has 2 aliphatic heterocycles. The van der Waals surface area contributed by atoms with Crippen LogP contribution < -0.4 is 19.7 Å². The summed E-state index contributed by atoms with van der Waals surface area (Å²) in [5.41, 5.74) is 2.88. The molecule has 4 rings (SSSR count). The fourth-order valence-corrected chi connectivity index (χ4v) is 3.31. The number of amides is 2.